The topological polar surface area (TPSA) is 144 Å². The molecule has 0 bridgehead atoms. The molecule has 1 heterocycles. The smallest absolute Gasteiger partial charge is 0.303 e. The van der Waals surface area contributed by atoms with Crippen LogP contribution in [0.15, 0.2) is 12.2 Å². The SMILES string of the molecule is O=C(O)CCC(NC(=O)CCN1C(=O)C=CC1=O)C(O)O. The van der Waals surface area contributed by atoms with Gasteiger partial charge in [-0.1, -0.05) is 0 Å². The van der Waals surface area contributed by atoms with Crippen LogP contribution in [0.25, 0.3) is 0 Å². The number of aliphatic hydroxyl groups is 2. The minimum atomic E-state index is -1.90. The van der Waals surface area contributed by atoms with Crippen LogP contribution in [0.1, 0.15) is 19.3 Å². The molecule has 0 aromatic rings. The quantitative estimate of drug-likeness (QED) is 0.298. The Labute approximate surface area is 119 Å². The first-order valence-corrected chi connectivity index (χ1v) is 6.22. The molecule has 9 nitrogen and oxygen atoms in total. The molecule has 116 valence electrons. The van der Waals surface area contributed by atoms with Crippen LogP contribution >= 0.6 is 0 Å². The van der Waals surface area contributed by atoms with Crippen LogP contribution in [0.5, 0.6) is 0 Å². The standard InChI is InChI=1S/C12H16N2O7/c15-8(5-6-14-9(16)2-3-10(14)17)13-7(12(20)21)1-4-11(18)19/h2-3,7,12,20-21H,1,4-6H2,(H,13,15)(H,18,19). The van der Waals surface area contributed by atoms with Gasteiger partial charge in [-0.3, -0.25) is 24.1 Å². The molecule has 0 aromatic carbocycles. The lowest BCUT2D eigenvalue weighted by molar-refractivity contribution is -0.140. The number of nitrogens with one attached hydrogen (secondary N) is 1. The highest BCUT2D eigenvalue weighted by atomic mass is 16.5. The lowest BCUT2D eigenvalue weighted by Crippen LogP contribution is -2.44. The average molecular weight is 300 g/mol. The lowest BCUT2D eigenvalue weighted by atomic mass is 10.1. The molecule has 0 aliphatic carbocycles. The third-order valence-corrected chi connectivity index (χ3v) is 2.84. The largest absolute Gasteiger partial charge is 0.481 e. The summed E-state index contributed by atoms with van der Waals surface area (Å²) in [5.74, 6) is -2.78. The van der Waals surface area contributed by atoms with Crippen LogP contribution in [0.3, 0.4) is 0 Å². The Morgan fingerprint density at radius 1 is 1.14 bits per heavy atom. The molecule has 1 aliphatic heterocycles. The number of imide groups is 1. The van der Waals surface area contributed by atoms with Crippen molar-refractivity contribution in [2.75, 3.05) is 6.54 Å². The van der Waals surface area contributed by atoms with Crippen LogP contribution < -0.4 is 5.32 Å². The maximum Gasteiger partial charge on any atom is 0.303 e. The Morgan fingerprint density at radius 2 is 1.71 bits per heavy atom. The highest BCUT2D eigenvalue weighted by molar-refractivity contribution is 6.13. The molecule has 21 heavy (non-hydrogen) atoms. The first-order valence-electron chi connectivity index (χ1n) is 6.22. The zero-order valence-corrected chi connectivity index (χ0v) is 11.1. The van der Waals surface area contributed by atoms with Gasteiger partial charge in [-0.05, 0) is 6.42 Å². The molecule has 0 saturated carbocycles. The number of aliphatic hydroxyl groups excluding tert-OH is 1. The van der Waals surface area contributed by atoms with Gasteiger partial charge in [0.2, 0.25) is 5.91 Å². The number of rotatable bonds is 8. The molecule has 0 radical (unpaired) electrons. The van der Waals surface area contributed by atoms with Crippen LogP contribution in [0.2, 0.25) is 0 Å². The number of carbonyl (C=O) groups is 4. The minimum Gasteiger partial charge on any atom is -0.481 e. The fourth-order valence-corrected chi connectivity index (χ4v) is 1.72. The van der Waals surface area contributed by atoms with Crippen molar-refractivity contribution < 1.29 is 34.5 Å². The van der Waals surface area contributed by atoms with Gasteiger partial charge in [0, 0.05) is 31.5 Å². The Morgan fingerprint density at radius 3 is 2.19 bits per heavy atom. The summed E-state index contributed by atoms with van der Waals surface area (Å²) >= 11 is 0. The lowest BCUT2D eigenvalue weighted by Gasteiger charge is -2.20. The number of hydrogen-bond acceptors (Lipinski definition) is 6. The van der Waals surface area contributed by atoms with Crippen molar-refractivity contribution in [2.45, 2.75) is 31.6 Å². The van der Waals surface area contributed by atoms with E-state index in [1.165, 1.54) is 0 Å². The maximum atomic E-state index is 11.6. The second kappa shape index (κ2) is 7.50. The number of aliphatic carboxylic acids is 1. The summed E-state index contributed by atoms with van der Waals surface area (Å²) in [4.78, 5) is 45.4. The number of carboxylic acid groups (broad SMARTS) is 1. The van der Waals surface area contributed by atoms with Crippen molar-refractivity contribution in [3.63, 3.8) is 0 Å². The van der Waals surface area contributed by atoms with Gasteiger partial charge in [0.05, 0.1) is 6.04 Å². The molecule has 0 saturated heterocycles. The molecule has 9 heteroatoms. The van der Waals surface area contributed by atoms with Gasteiger partial charge in [-0.25, -0.2) is 0 Å². The van der Waals surface area contributed by atoms with Crippen molar-refractivity contribution in [1.29, 1.82) is 0 Å². The zero-order chi connectivity index (χ0) is 16.0. The first kappa shape index (κ1) is 16.8. The predicted octanol–water partition coefficient (Wildman–Crippen LogP) is -2.04. The highest BCUT2D eigenvalue weighted by Gasteiger charge is 2.25. The molecule has 3 amide bonds. The summed E-state index contributed by atoms with van der Waals surface area (Å²) in [5.41, 5.74) is 0. The van der Waals surface area contributed by atoms with E-state index in [-0.39, 0.29) is 25.8 Å². The number of hydrogen-bond donors (Lipinski definition) is 4. The summed E-state index contributed by atoms with van der Waals surface area (Å²) in [5, 5.41) is 28.9. The molecule has 0 aromatic heterocycles. The van der Waals surface area contributed by atoms with Gasteiger partial charge in [-0.2, -0.15) is 0 Å². The van der Waals surface area contributed by atoms with Gasteiger partial charge < -0.3 is 20.6 Å². The highest BCUT2D eigenvalue weighted by Crippen LogP contribution is 2.05. The van der Waals surface area contributed by atoms with E-state index in [4.69, 9.17) is 15.3 Å². The second-order valence-corrected chi connectivity index (χ2v) is 4.43. The van der Waals surface area contributed by atoms with E-state index >= 15 is 0 Å². The maximum absolute atomic E-state index is 11.6. The fourth-order valence-electron chi connectivity index (χ4n) is 1.72. The number of carboxylic acids is 1. The van der Waals surface area contributed by atoms with Crippen LogP contribution in [-0.4, -0.2) is 62.8 Å². The number of amides is 3. The van der Waals surface area contributed by atoms with Gasteiger partial charge in [0.1, 0.15) is 0 Å². The van der Waals surface area contributed by atoms with E-state index in [1.54, 1.807) is 0 Å². The first-order chi connectivity index (χ1) is 9.81. The molecule has 0 spiro atoms. The van der Waals surface area contributed by atoms with Crippen molar-refractivity contribution in [3.8, 4) is 0 Å². The third-order valence-electron chi connectivity index (χ3n) is 2.84. The molecule has 1 atom stereocenters. The van der Waals surface area contributed by atoms with E-state index in [9.17, 15) is 19.2 Å². The Hall–Kier alpha value is -2.26. The van der Waals surface area contributed by atoms with Crippen LogP contribution in [0.4, 0.5) is 0 Å². The molecule has 1 rings (SSSR count). The van der Waals surface area contributed by atoms with Gasteiger partial charge in [0.25, 0.3) is 11.8 Å². The van der Waals surface area contributed by atoms with Crippen molar-refractivity contribution in [2.24, 2.45) is 0 Å². The van der Waals surface area contributed by atoms with Crippen LogP contribution in [0, 0.1) is 0 Å². The molecule has 4 N–H and O–H groups in total. The van der Waals surface area contributed by atoms with Crippen molar-refractivity contribution in [1.82, 2.24) is 10.2 Å². The molecule has 1 unspecified atom stereocenters. The van der Waals surface area contributed by atoms with E-state index in [0.717, 1.165) is 17.1 Å². The monoisotopic (exact) mass is 300 g/mol. The van der Waals surface area contributed by atoms with Gasteiger partial charge >= 0.3 is 5.97 Å². The Balaban J connectivity index is 2.41. The second-order valence-electron chi connectivity index (χ2n) is 4.43. The van der Waals surface area contributed by atoms with E-state index in [1.807, 2.05) is 0 Å². The summed E-state index contributed by atoms with van der Waals surface area (Å²) in [6.45, 7) is -0.135. The van der Waals surface area contributed by atoms with Crippen molar-refractivity contribution in [3.05, 3.63) is 12.2 Å². The zero-order valence-electron chi connectivity index (χ0n) is 11.1. The van der Waals surface area contributed by atoms with E-state index in [0.29, 0.717) is 0 Å². The third kappa shape index (κ3) is 5.32. The summed E-state index contributed by atoms with van der Waals surface area (Å²) < 4.78 is 0. The minimum absolute atomic E-state index is 0.135. The van der Waals surface area contributed by atoms with Crippen molar-refractivity contribution >= 4 is 23.7 Å². The molecule has 1 aliphatic rings. The number of carbonyl (C=O) groups excluding carboxylic acids is 3. The Kier molecular flexibility index (Phi) is 6.00. The Bertz CT molecular complexity index is 454. The average Bonchev–Trinajstić information content (AvgIpc) is 2.71. The molecule has 0 fully saturated rings. The fraction of sp³-hybridized carbons (Fsp3) is 0.500. The van der Waals surface area contributed by atoms with Crippen LogP contribution in [-0.2, 0) is 19.2 Å². The molecular weight excluding hydrogens is 284 g/mol. The van der Waals surface area contributed by atoms with E-state index < -0.39 is 36.0 Å². The molecular formula is C12H16N2O7. The summed E-state index contributed by atoms with van der Waals surface area (Å²) in [7, 11) is 0. The summed E-state index contributed by atoms with van der Waals surface area (Å²) in [6, 6.07) is -1.13. The van der Waals surface area contributed by atoms with E-state index in [2.05, 4.69) is 5.32 Å². The van der Waals surface area contributed by atoms with Gasteiger partial charge in [0.15, 0.2) is 6.29 Å². The summed E-state index contributed by atoms with van der Waals surface area (Å²) in [6.07, 6.45) is -0.418. The number of nitrogens with zero attached hydrogens (tertiary/aromatic N) is 1. The van der Waals surface area contributed by atoms with Gasteiger partial charge in [-0.15, -0.1) is 0 Å². The predicted molar refractivity (Wildman–Crippen MR) is 67.5 cm³/mol. The normalized spacial score (nSPS) is 15.7.